The highest BCUT2D eigenvalue weighted by atomic mass is 16.5. The van der Waals surface area contributed by atoms with Gasteiger partial charge in [-0.15, -0.1) is 0 Å². The number of hydrogen-bond acceptors (Lipinski definition) is 3. The molecule has 1 rings (SSSR count). The summed E-state index contributed by atoms with van der Waals surface area (Å²) in [6.07, 6.45) is 2.03. The van der Waals surface area contributed by atoms with Gasteiger partial charge in [0.25, 0.3) is 0 Å². The fourth-order valence-electron chi connectivity index (χ4n) is 1.57. The smallest absolute Gasteiger partial charge is 0.310 e. The van der Waals surface area contributed by atoms with Gasteiger partial charge in [0.1, 0.15) is 0 Å². The summed E-state index contributed by atoms with van der Waals surface area (Å²) in [4.78, 5) is 11.2. The molecular weight excluding hydrogens is 154 g/mol. The average molecular weight is 171 g/mol. The first-order valence-corrected chi connectivity index (χ1v) is 4.68. The largest absolute Gasteiger partial charge is 0.466 e. The molecule has 0 saturated carbocycles. The van der Waals surface area contributed by atoms with Crippen molar-refractivity contribution in [1.82, 2.24) is 5.32 Å². The molecule has 0 bridgehead atoms. The summed E-state index contributed by atoms with van der Waals surface area (Å²) in [5.74, 6) is 0.0517. The number of nitrogens with one attached hydrogen (secondary N) is 1. The molecule has 1 fully saturated rings. The topological polar surface area (TPSA) is 38.3 Å². The molecule has 0 radical (unpaired) electrons. The van der Waals surface area contributed by atoms with Crippen LogP contribution in [0.3, 0.4) is 0 Å². The molecule has 1 aliphatic rings. The highest BCUT2D eigenvalue weighted by Gasteiger charge is 2.29. The van der Waals surface area contributed by atoms with Gasteiger partial charge in [0.2, 0.25) is 0 Å². The van der Waals surface area contributed by atoms with Crippen LogP contribution in [0.4, 0.5) is 0 Å². The SMILES string of the molecule is CCOC(=O)[C@H]1CN[C@@H](CC)C1. The number of carbonyl (C=O) groups excluding carboxylic acids is 1. The van der Waals surface area contributed by atoms with Gasteiger partial charge in [0, 0.05) is 12.6 Å². The second-order valence-corrected chi connectivity index (χ2v) is 3.20. The minimum absolute atomic E-state index is 0.0408. The van der Waals surface area contributed by atoms with Crippen LogP contribution in [0.2, 0.25) is 0 Å². The minimum atomic E-state index is -0.0408. The molecule has 0 unspecified atom stereocenters. The van der Waals surface area contributed by atoms with E-state index in [1.807, 2.05) is 6.92 Å². The molecule has 1 aliphatic heterocycles. The van der Waals surface area contributed by atoms with E-state index in [0.29, 0.717) is 12.6 Å². The minimum Gasteiger partial charge on any atom is -0.466 e. The van der Waals surface area contributed by atoms with Gasteiger partial charge in [-0.05, 0) is 19.8 Å². The molecule has 3 nitrogen and oxygen atoms in total. The van der Waals surface area contributed by atoms with Gasteiger partial charge in [-0.25, -0.2) is 0 Å². The number of hydrogen-bond donors (Lipinski definition) is 1. The molecule has 0 amide bonds. The quantitative estimate of drug-likeness (QED) is 0.642. The Bertz CT molecular complexity index is 159. The Morgan fingerprint density at radius 2 is 2.33 bits per heavy atom. The molecule has 3 heteroatoms. The van der Waals surface area contributed by atoms with E-state index in [1.54, 1.807) is 0 Å². The van der Waals surface area contributed by atoms with Crippen molar-refractivity contribution >= 4 is 5.97 Å². The lowest BCUT2D eigenvalue weighted by Crippen LogP contribution is -2.21. The molecule has 70 valence electrons. The van der Waals surface area contributed by atoms with Gasteiger partial charge < -0.3 is 10.1 Å². The van der Waals surface area contributed by atoms with Gasteiger partial charge in [-0.2, -0.15) is 0 Å². The van der Waals surface area contributed by atoms with Crippen LogP contribution in [-0.2, 0) is 9.53 Å². The first-order valence-electron chi connectivity index (χ1n) is 4.68. The van der Waals surface area contributed by atoms with Crippen molar-refractivity contribution in [2.24, 2.45) is 5.92 Å². The van der Waals surface area contributed by atoms with Crippen LogP contribution < -0.4 is 5.32 Å². The molecule has 0 aliphatic carbocycles. The Morgan fingerprint density at radius 1 is 1.58 bits per heavy atom. The summed E-state index contributed by atoms with van der Waals surface area (Å²) in [5, 5.41) is 3.29. The fraction of sp³-hybridized carbons (Fsp3) is 0.889. The lowest BCUT2D eigenvalue weighted by Gasteiger charge is -2.07. The van der Waals surface area contributed by atoms with Crippen LogP contribution in [0.15, 0.2) is 0 Å². The molecule has 1 heterocycles. The van der Waals surface area contributed by atoms with Crippen LogP contribution in [0, 0.1) is 5.92 Å². The van der Waals surface area contributed by atoms with Crippen molar-refractivity contribution in [3.8, 4) is 0 Å². The van der Waals surface area contributed by atoms with E-state index in [9.17, 15) is 4.79 Å². The third-order valence-corrected chi connectivity index (χ3v) is 2.33. The Kier molecular flexibility index (Phi) is 3.53. The Labute approximate surface area is 73.5 Å². The van der Waals surface area contributed by atoms with Crippen LogP contribution in [0.25, 0.3) is 0 Å². The Balaban J connectivity index is 2.31. The lowest BCUT2D eigenvalue weighted by molar-refractivity contribution is -0.147. The fourth-order valence-corrected chi connectivity index (χ4v) is 1.57. The van der Waals surface area contributed by atoms with E-state index in [-0.39, 0.29) is 11.9 Å². The van der Waals surface area contributed by atoms with Crippen molar-refractivity contribution in [2.75, 3.05) is 13.2 Å². The maximum absolute atomic E-state index is 11.2. The molecule has 1 saturated heterocycles. The van der Waals surface area contributed by atoms with E-state index in [0.717, 1.165) is 19.4 Å². The zero-order valence-corrected chi connectivity index (χ0v) is 7.80. The lowest BCUT2D eigenvalue weighted by atomic mass is 10.0. The zero-order chi connectivity index (χ0) is 8.97. The Hall–Kier alpha value is -0.570. The van der Waals surface area contributed by atoms with E-state index >= 15 is 0 Å². The van der Waals surface area contributed by atoms with Gasteiger partial charge >= 0.3 is 5.97 Å². The molecule has 2 atom stereocenters. The van der Waals surface area contributed by atoms with Crippen molar-refractivity contribution in [2.45, 2.75) is 32.7 Å². The van der Waals surface area contributed by atoms with Crippen molar-refractivity contribution < 1.29 is 9.53 Å². The molecule has 0 spiro atoms. The maximum Gasteiger partial charge on any atom is 0.310 e. The van der Waals surface area contributed by atoms with E-state index in [2.05, 4.69) is 12.2 Å². The number of carbonyl (C=O) groups is 1. The standard InChI is InChI=1S/C9H17NO2/c1-3-8-5-7(6-10-8)9(11)12-4-2/h7-8,10H,3-6H2,1-2H3/t7-,8+/m1/s1. The third kappa shape index (κ3) is 2.21. The van der Waals surface area contributed by atoms with Gasteiger partial charge in [0.05, 0.1) is 12.5 Å². The van der Waals surface area contributed by atoms with E-state index < -0.39 is 0 Å². The van der Waals surface area contributed by atoms with Crippen molar-refractivity contribution in [1.29, 1.82) is 0 Å². The summed E-state index contributed by atoms with van der Waals surface area (Å²) in [7, 11) is 0. The van der Waals surface area contributed by atoms with E-state index in [1.165, 1.54) is 0 Å². The van der Waals surface area contributed by atoms with E-state index in [4.69, 9.17) is 4.74 Å². The summed E-state index contributed by atoms with van der Waals surface area (Å²) >= 11 is 0. The van der Waals surface area contributed by atoms with Crippen molar-refractivity contribution in [3.63, 3.8) is 0 Å². The summed E-state index contributed by atoms with van der Waals surface area (Å²) in [5.41, 5.74) is 0. The molecular formula is C9H17NO2. The second kappa shape index (κ2) is 4.45. The molecule has 0 aromatic carbocycles. The van der Waals surface area contributed by atoms with Crippen LogP contribution in [0.1, 0.15) is 26.7 Å². The summed E-state index contributed by atoms with van der Waals surface area (Å²) in [6.45, 7) is 5.26. The number of ether oxygens (including phenoxy) is 1. The monoisotopic (exact) mass is 171 g/mol. The average Bonchev–Trinajstić information content (AvgIpc) is 2.52. The molecule has 12 heavy (non-hydrogen) atoms. The molecule has 0 aromatic rings. The predicted molar refractivity (Wildman–Crippen MR) is 46.8 cm³/mol. The van der Waals surface area contributed by atoms with Crippen LogP contribution >= 0.6 is 0 Å². The summed E-state index contributed by atoms with van der Waals surface area (Å²) < 4.78 is 4.94. The highest BCUT2D eigenvalue weighted by molar-refractivity contribution is 5.73. The van der Waals surface area contributed by atoms with Crippen molar-refractivity contribution in [3.05, 3.63) is 0 Å². The molecule has 1 N–H and O–H groups in total. The van der Waals surface area contributed by atoms with Crippen LogP contribution in [-0.4, -0.2) is 25.2 Å². The van der Waals surface area contributed by atoms with Gasteiger partial charge in [-0.1, -0.05) is 6.92 Å². The Morgan fingerprint density at radius 3 is 2.83 bits per heavy atom. The van der Waals surface area contributed by atoms with Gasteiger partial charge in [0.15, 0.2) is 0 Å². The summed E-state index contributed by atoms with van der Waals surface area (Å²) in [6, 6.07) is 0.513. The maximum atomic E-state index is 11.2. The van der Waals surface area contributed by atoms with Crippen LogP contribution in [0.5, 0.6) is 0 Å². The normalized spacial score (nSPS) is 28.8. The first-order chi connectivity index (χ1) is 5.77. The molecule has 0 aromatic heterocycles. The highest BCUT2D eigenvalue weighted by Crippen LogP contribution is 2.17. The zero-order valence-electron chi connectivity index (χ0n) is 7.80. The number of esters is 1. The predicted octanol–water partition coefficient (Wildman–Crippen LogP) is 0.938. The van der Waals surface area contributed by atoms with Gasteiger partial charge in [-0.3, -0.25) is 4.79 Å². The first kappa shape index (κ1) is 9.52. The second-order valence-electron chi connectivity index (χ2n) is 3.20. The third-order valence-electron chi connectivity index (χ3n) is 2.33. The number of rotatable bonds is 3.